The van der Waals surface area contributed by atoms with Crippen molar-refractivity contribution < 1.29 is 18.3 Å². The van der Waals surface area contributed by atoms with Gasteiger partial charge in [0.15, 0.2) is 0 Å². The lowest BCUT2D eigenvalue weighted by atomic mass is 9.96. The molecule has 0 aliphatic carbocycles. The summed E-state index contributed by atoms with van der Waals surface area (Å²) in [5.41, 5.74) is -0.395. The topological polar surface area (TPSA) is 35.5 Å². The van der Waals surface area contributed by atoms with E-state index in [2.05, 4.69) is 5.32 Å². The molecule has 0 aliphatic rings. The number of aliphatic hydroxyl groups is 1. The van der Waals surface area contributed by atoms with Gasteiger partial charge in [0.2, 0.25) is 0 Å². The number of halogens is 3. The Kier molecular flexibility index (Phi) is 8.61. The lowest BCUT2D eigenvalue weighted by Gasteiger charge is -2.30. The molecule has 0 bridgehead atoms. The smallest absolute Gasteiger partial charge is 0.394 e. The highest BCUT2D eigenvalue weighted by molar-refractivity contribution is 4.82. The molecular formula is C13H27F3N2O. The fourth-order valence-corrected chi connectivity index (χ4v) is 1.95. The maximum atomic E-state index is 12.3. The molecule has 0 aromatic rings. The van der Waals surface area contributed by atoms with Crippen molar-refractivity contribution in [3.8, 4) is 0 Å². The lowest BCUT2D eigenvalue weighted by Crippen LogP contribution is -2.46. The molecule has 0 amide bonds. The van der Waals surface area contributed by atoms with Crippen LogP contribution in [0.25, 0.3) is 0 Å². The van der Waals surface area contributed by atoms with E-state index in [0.29, 0.717) is 25.9 Å². The highest BCUT2D eigenvalue weighted by Crippen LogP contribution is 2.18. The molecule has 0 radical (unpaired) electrons. The van der Waals surface area contributed by atoms with Crippen molar-refractivity contribution in [2.24, 2.45) is 0 Å². The normalized spacial score (nSPS) is 15.8. The van der Waals surface area contributed by atoms with E-state index in [1.54, 1.807) is 6.92 Å². The van der Waals surface area contributed by atoms with Crippen LogP contribution in [-0.4, -0.2) is 54.5 Å². The molecule has 0 rings (SSSR count). The van der Waals surface area contributed by atoms with Gasteiger partial charge in [-0.25, -0.2) is 0 Å². The largest absolute Gasteiger partial charge is 0.401 e. The van der Waals surface area contributed by atoms with Crippen LogP contribution in [0.15, 0.2) is 0 Å². The molecule has 1 unspecified atom stereocenters. The first kappa shape index (κ1) is 18.7. The lowest BCUT2D eigenvalue weighted by molar-refractivity contribution is -0.145. The zero-order valence-electron chi connectivity index (χ0n) is 12.2. The molecule has 6 heteroatoms. The predicted molar refractivity (Wildman–Crippen MR) is 71.2 cm³/mol. The molecule has 0 fully saturated rings. The predicted octanol–water partition coefficient (Wildman–Crippen LogP) is 2.40. The maximum absolute atomic E-state index is 12.3. The van der Waals surface area contributed by atoms with Gasteiger partial charge in [-0.2, -0.15) is 13.2 Å². The average molecular weight is 284 g/mol. The van der Waals surface area contributed by atoms with Crippen LogP contribution in [0.1, 0.15) is 40.0 Å². The monoisotopic (exact) mass is 284 g/mol. The summed E-state index contributed by atoms with van der Waals surface area (Å²) in [4.78, 5) is 1.39. The zero-order valence-corrected chi connectivity index (χ0v) is 12.2. The van der Waals surface area contributed by atoms with Crippen molar-refractivity contribution in [3.05, 3.63) is 0 Å². The van der Waals surface area contributed by atoms with Gasteiger partial charge in [0.25, 0.3) is 0 Å². The van der Waals surface area contributed by atoms with Gasteiger partial charge in [0.1, 0.15) is 0 Å². The highest BCUT2D eigenvalue weighted by atomic mass is 19.4. The summed E-state index contributed by atoms with van der Waals surface area (Å²) < 4.78 is 36.9. The number of nitrogens with zero attached hydrogens (tertiary/aromatic N) is 1. The Morgan fingerprint density at radius 3 is 2.26 bits per heavy atom. The van der Waals surface area contributed by atoms with Gasteiger partial charge in [-0.15, -0.1) is 0 Å². The Balaban J connectivity index is 4.09. The molecular weight excluding hydrogens is 257 g/mol. The third-order valence-electron chi connectivity index (χ3n) is 3.20. The van der Waals surface area contributed by atoms with E-state index in [0.717, 1.165) is 13.0 Å². The second kappa shape index (κ2) is 8.76. The van der Waals surface area contributed by atoms with E-state index < -0.39 is 18.3 Å². The molecule has 3 nitrogen and oxygen atoms in total. The summed E-state index contributed by atoms with van der Waals surface area (Å²) in [7, 11) is 0. The number of hydrogen-bond acceptors (Lipinski definition) is 3. The molecule has 0 aromatic carbocycles. The van der Waals surface area contributed by atoms with Gasteiger partial charge in [-0.1, -0.05) is 13.8 Å². The van der Waals surface area contributed by atoms with Crippen molar-refractivity contribution in [2.45, 2.75) is 51.7 Å². The second-order valence-electron chi connectivity index (χ2n) is 5.23. The fraction of sp³-hybridized carbons (Fsp3) is 1.00. The second-order valence-corrected chi connectivity index (χ2v) is 5.23. The van der Waals surface area contributed by atoms with Gasteiger partial charge < -0.3 is 10.4 Å². The molecule has 116 valence electrons. The quantitative estimate of drug-likeness (QED) is 0.646. The molecule has 0 spiro atoms. The van der Waals surface area contributed by atoms with E-state index >= 15 is 0 Å². The number of hydrogen-bond donors (Lipinski definition) is 2. The third kappa shape index (κ3) is 9.24. The average Bonchev–Trinajstić information content (AvgIpc) is 2.33. The first-order chi connectivity index (χ1) is 8.76. The molecule has 0 aromatic heterocycles. The first-order valence-electron chi connectivity index (χ1n) is 6.91. The molecule has 2 N–H and O–H groups in total. The molecule has 0 heterocycles. The Morgan fingerprint density at radius 1 is 1.21 bits per heavy atom. The van der Waals surface area contributed by atoms with Crippen molar-refractivity contribution in [3.63, 3.8) is 0 Å². The Hall–Kier alpha value is -0.330. The molecule has 19 heavy (non-hydrogen) atoms. The van der Waals surface area contributed by atoms with Crippen LogP contribution in [0.2, 0.25) is 0 Å². The molecule has 0 saturated heterocycles. The van der Waals surface area contributed by atoms with Crippen LogP contribution in [0.4, 0.5) is 13.2 Å². The fourth-order valence-electron chi connectivity index (χ4n) is 1.95. The van der Waals surface area contributed by atoms with Crippen LogP contribution in [0.3, 0.4) is 0 Å². The van der Waals surface area contributed by atoms with Gasteiger partial charge in [-0.05, 0) is 45.8 Å². The van der Waals surface area contributed by atoms with Crippen LogP contribution in [0, 0.1) is 0 Å². The maximum Gasteiger partial charge on any atom is 0.401 e. The van der Waals surface area contributed by atoms with E-state index in [4.69, 9.17) is 0 Å². The van der Waals surface area contributed by atoms with Gasteiger partial charge >= 0.3 is 6.18 Å². The minimum Gasteiger partial charge on any atom is -0.394 e. The number of rotatable bonds is 10. The Labute approximate surface area is 114 Å². The van der Waals surface area contributed by atoms with E-state index in [9.17, 15) is 18.3 Å². The number of aliphatic hydroxyl groups excluding tert-OH is 1. The van der Waals surface area contributed by atoms with Gasteiger partial charge in [0.05, 0.1) is 13.2 Å². The van der Waals surface area contributed by atoms with Crippen LogP contribution < -0.4 is 5.32 Å². The standard InChI is InChI=1S/C13H27F3N2O/c1-4-8-17-12(3,11-19)7-6-9-18(5-2)10-13(14,15)16/h17,19H,4-11H2,1-3H3. The molecule has 0 aliphatic heterocycles. The summed E-state index contributed by atoms with van der Waals surface area (Å²) in [6, 6.07) is 0. The van der Waals surface area contributed by atoms with Crippen molar-refractivity contribution in [1.29, 1.82) is 0 Å². The molecule has 1 atom stereocenters. The third-order valence-corrected chi connectivity index (χ3v) is 3.20. The van der Waals surface area contributed by atoms with E-state index in [1.807, 2.05) is 13.8 Å². The minimum atomic E-state index is -4.14. The summed E-state index contributed by atoms with van der Waals surface area (Å²) in [5, 5.41) is 12.6. The number of alkyl halides is 3. The van der Waals surface area contributed by atoms with Crippen molar-refractivity contribution in [1.82, 2.24) is 10.2 Å². The van der Waals surface area contributed by atoms with Crippen LogP contribution in [-0.2, 0) is 0 Å². The van der Waals surface area contributed by atoms with E-state index in [1.165, 1.54) is 4.90 Å². The van der Waals surface area contributed by atoms with Crippen molar-refractivity contribution >= 4 is 0 Å². The highest BCUT2D eigenvalue weighted by Gasteiger charge is 2.30. The summed E-state index contributed by atoms with van der Waals surface area (Å²) in [5.74, 6) is 0. The Morgan fingerprint density at radius 2 is 1.84 bits per heavy atom. The van der Waals surface area contributed by atoms with Gasteiger partial charge in [0, 0.05) is 5.54 Å². The Bertz CT molecular complexity index is 236. The SMILES string of the molecule is CCCNC(C)(CO)CCCN(CC)CC(F)(F)F. The summed E-state index contributed by atoms with van der Waals surface area (Å²) in [6.45, 7) is 6.40. The molecule has 0 saturated carbocycles. The zero-order chi connectivity index (χ0) is 14.9. The first-order valence-corrected chi connectivity index (χ1v) is 6.91. The minimum absolute atomic E-state index is 0.00159. The van der Waals surface area contributed by atoms with Crippen LogP contribution in [0.5, 0.6) is 0 Å². The van der Waals surface area contributed by atoms with Gasteiger partial charge in [-0.3, -0.25) is 4.90 Å². The summed E-state index contributed by atoms with van der Waals surface area (Å²) in [6.07, 6.45) is -1.88. The van der Waals surface area contributed by atoms with E-state index in [-0.39, 0.29) is 6.61 Å². The summed E-state index contributed by atoms with van der Waals surface area (Å²) >= 11 is 0. The number of nitrogens with one attached hydrogen (secondary N) is 1. The van der Waals surface area contributed by atoms with Crippen LogP contribution >= 0.6 is 0 Å². The van der Waals surface area contributed by atoms with Crippen molar-refractivity contribution in [2.75, 3.05) is 32.8 Å².